The lowest BCUT2D eigenvalue weighted by Crippen LogP contribution is -2.46. The molecule has 4 N–H and O–H groups in total. The second-order valence-electron chi connectivity index (χ2n) is 5.85. The number of carbonyl (C=O) groups is 2. The summed E-state index contributed by atoms with van der Waals surface area (Å²) in [6, 6.07) is 9.81. The van der Waals surface area contributed by atoms with Crippen LogP contribution in [0.15, 0.2) is 48.8 Å². The fraction of sp³-hybridized carbons (Fsp3) is 0.278. The molecule has 7 heteroatoms. The maximum absolute atomic E-state index is 12.0. The molecule has 0 saturated carbocycles. The molecule has 2 amide bonds. The highest BCUT2D eigenvalue weighted by atomic mass is 16.5. The van der Waals surface area contributed by atoms with Crippen LogP contribution in [0.25, 0.3) is 0 Å². The molecule has 0 saturated heterocycles. The summed E-state index contributed by atoms with van der Waals surface area (Å²) >= 11 is 0. The summed E-state index contributed by atoms with van der Waals surface area (Å²) < 4.78 is 5.68. The molecule has 1 heterocycles. The summed E-state index contributed by atoms with van der Waals surface area (Å²) in [5.41, 5.74) is 6.30. The van der Waals surface area contributed by atoms with Crippen LogP contribution in [0.5, 0.6) is 11.5 Å². The number of carbonyl (C=O) groups excluding carboxylic acids is 2. The van der Waals surface area contributed by atoms with Crippen molar-refractivity contribution in [2.45, 2.75) is 19.9 Å². The number of nitrogens with zero attached hydrogens (tertiary/aromatic N) is 1. The minimum atomic E-state index is -0.634. The molecule has 0 aliphatic rings. The van der Waals surface area contributed by atoms with Crippen LogP contribution in [-0.4, -0.2) is 29.4 Å². The number of benzene rings is 1. The first-order chi connectivity index (χ1) is 12.0. The molecule has 0 bridgehead atoms. The van der Waals surface area contributed by atoms with Gasteiger partial charge in [-0.3, -0.25) is 14.6 Å². The molecule has 7 nitrogen and oxygen atoms in total. The first kappa shape index (κ1) is 18.4. The first-order valence-electron chi connectivity index (χ1n) is 7.97. The van der Waals surface area contributed by atoms with Gasteiger partial charge in [0.2, 0.25) is 11.8 Å². The molecule has 0 radical (unpaired) electrons. The van der Waals surface area contributed by atoms with Crippen molar-refractivity contribution in [1.82, 2.24) is 10.3 Å². The van der Waals surface area contributed by atoms with Crippen molar-refractivity contribution in [3.05, 3.63) is 48.8 Å². The normalized spacial score (nSPS) is 11.7. The van der Waals surface area contributed by atoms with E-state index in [-0.39, 0.29) is 24.3 Å². The third-order valence-corrected chi connectivity index (χ3v) is 3.45. The van der Waals surface area contributed by atoms with Crippen LogP contribution >= 0.6 is 0 Å². The molecule has 1 atom stereocenters. The van der Waals surface area contributed by atoms with Gasteiger partial charge in [0.15, 0.2) is 0 Å². The van der Waals surface area contributed by atoms with Gasteiger partial charge in [-0.15, -0.1) is 0 Å². The van der Waals surface area contributed by atoms with Gasteiger partial charge < -0.3 is 21.1 Å². The zero-order valence-electron chi connectivity index (χ0n) is 14.2. The van der Waals surface area contributed by atoms with Crippen molar-refractivity contribution >= 4 is 17.5 Å². The van der Waals surface area contributed by atoms with Crippen LogP contribution < -0.4 is 21.1 Å². The Morgan fingerprint density at radius 2 is 1.88 bits per heavy atom. The maximum atomic E-state index is 12.0. The van der Waals surface area contributed by atoms with Gasteiger partial charge >= 0.3 is 0 Å². The maximum Gasteiger partial charge on any atom is 0.243 e. The van der Waals surface area contributed by atoms with E-state index >= 15 is 0 Å². The molecule has 1 aromatic heterocycles. The summed E-state index contributed by atoms with van der Waals surface area (Å²) in [5, 5.41) is 5.23. The van der Waals surface area contributed by atoms with E-state index in [1.807, 2.05) is 13.8 Å². The molecule has 1 aromatic carbocycles. The molecule has 2 rings (SSSR count). The fourth-order valence-corrected chi connectivity index (χ4v) is 1.97. The Labute approximate surface area is 146 Å². The number of nitrogens with two attached hydrogens (primary N) is 1. The number of hydrogen-bond donors (Lipinski definition) is 3. The highest BCUT2D eigenvalue weighted by molar-refractivity contribution is 5.95. The van der Waals surface area contributed by atoms with Crippen LogP contribution in [-0.2, 0) is 9.59 Å². The average molecular weight is 342 g/mol. The van der Waals surface area contributed by atoms with Crippen molar-refractivity contribution in [1.29, 1.82) is 0 Å². The molecule has 2 aromatic rings. The number of amides is 2. The van der Waals surface area contributed by atoms with Crippen LogP contribution in [0.4, 0.5) is 5.69 Å². The predicted octanol–water partition coefficient (Wildman–Crippen LogP) is 1.91. The lowest BCUT2D eigenvalue weighted by Gasteiger charge is -2.15. The van der Waals surface area contributed by atoms with E-state index in [0.29, 0.717) is 17.2 Å². The van der Waals surface area contributed by atoms with Crippen LogP contribution in [0.2, 0.25) is 0 Å². The minimum Gasteiger partial charge on any atom is -0.457 e. The average Bonchev–Trinajstić information content (AvgIpc) is 2.60. The standard InChI is InChI=1S/C18H22N4O3/c1-12(2)17(19)18(24)21-11-16(23)22-13-4-3-5-15(10-13)25-14-6-8-20-9-7-14/h3-10,12,17H,11,19H2,1-2H3,(H,21,24)(H,22,23)/t17-/m0/s1. The molecular formula is C18H22N4O3. The van der Waals surface area contributed by atoms with Gasteiger partial charge in [-0.25, -0.2) is 0 Å². The van der Waals surface area contributed by atoms with Gasteiger partial charge in [-0.2, -0.15) is 0 Å². The Hall–Kier alpha value is -2.93. The van der Waals surface area contributed by atoms with Crippen molar-refractivity contribution < 1.29 is 14.3 Å². The summed E-state index contributed by atoms with van der Waals surface area (Å²) in [4.78, 5) is 27.6. The SMILES string of the molecule is CC(C)[C@H](N)C(=O)NCC(=O)Nc1cccc(Oc2ccncc2)c1. The quantitative estimate of drug-likeness (QED) is 0.713. The van der Waals surface area contributed by atoms with Gasteiger partial charge in [0.25, 0.3) is 0 Å². The molecule has 25 heavy (non-hydrogen) atoms. The lowest BCUT2D eigenvalue weighted by molar-refractivity contribution is -0.125. The Kier molecular flexibility index (Phi) is 6.47. The second-order valence-corrected chi connectivity index (χ2v) is 5.85. The largest absolute Gasteiger partial charge is 0.457 e. The first-order valence-corrected chi connectivity index (χ1v) is 7.97. The van der Waals surface area contributed by atoms with Crippen LogP contribution in [0, 0.1) is 5.92 Å². The van der Waals surface area contributed by atoms with Crippen molar-refractivity contribution in [3.8, 4) is 11.5 Å². The zero-order valence-corrected chi connectivity index (χ0v) is 14.2. The molecule has 0 fully saturated rings. The smallest absolute Gasteiger partial charge is 0.243 e. The summed E-state index contributed by atoms with van der Waals surface area (Å²) in [5.74, 6) is 0.540. The van der Waals surface area contributed by atoms with E-state index in [1.165, 1.54) is 0 Å². The molecular weight excluding hydrogens is 320 g/mol. The molecule has 0 aliphatic heterocycles. The van der Waals surface area contributed by atoms with Crippen LogP contribution in [0.3, 0.4) is 0 Å². The summed E-state index contributed by atoms with van der Waals surface area (Å²) in [7, 11) is 0. The van der Waals surface area contributed by atoms with Gasteiger partial charge in [-0.05, 0) is 30.2 Å². The number of hydrogen-bond acceptors (Lipinski definition) is 5. The number of anilines is 1. The number of ether oxygens (including phenoxy) is 1. The topological polar surface area (TPSA) is 106 Å². The third-order valence-electron chi connectivity index (χ3n) is 3.45. The van der Waals surface area contributed by atoms with Crippen molar-refractivity contribution in [2.24, 2.45) is 11.7 Å². The monoisotopic (exact) mass is 342 g/mol. The Balaban J connectivity index is 1.89. The molecule has 132 valence electrons. The Bertz CT molecular complexity index is 719. The predicted molar refractivity (Wildman–Crippen MR) is 95.2 cm³/mol. The number of pyridine rings is 1. The van der Waals surface area contributed by atoms with E-state index in [4.69, 9.17) is 10.5 Å². The minimum absolute atomic E-state index is 0.00470. The van der Waals surface area contributed by atoms with Gasteiger partial charge in [0.1, 0.15) is 11.5 Å². The second kappa shape index (κ2) is 8.79. The molecule has 0 unspecified atom stereocenters. The van der Waals surface area contributed by atoms with Gasteiger partial charge in [0.05, 0.1) is 12.6 Å². The van der Waals surface area contributed by atoms with Gasteiger partial charge in [-0.1, -0.05) is 19.9 Å². The van der Waals surface area contributed by atoms with E-state index in [9.17, 15) is 9.59 Å². The molecule has 0 aliphatic carbocycles. The van der Waals surface area contributed by atoms with Crippen molar-refractivity contribution in [3.63, 3.8) is 0 Å². The Morgan fingerprint density at radius 3 is 2.56 bits per heavy atom. The highest BCUT2D eigenvalue weighted by Crippen LogP contribution is 2.23. The van der Waals surface area contributed by atoms with E-state index in [0.717, 1.165) is 0 Å². The zero-order chi connectivity index (χ0) is 18.2. The molecule has 0 spiro atoms. The number of aromatic nitrogens is 1. The van der Waals surface area contributed by atoms with E-state index in [1.54, 1.807) is 48.8 Å². The summed E-state index contributed by atoms with van der Waals surface area (Å²) in [6.45, 7) is 3.55. The van der Waals surface area contributed by atoms with Gasteiger partial charge in [0, 0.05) is 24.1 Å². The summed E-state index contributed by atoms with van der Waals surface area (Å²) in [6.07, 6.45) is 3.26. The van der Waals surface area contributed by atoms with Crippen LogP contribution in [0.1, 0.15) is 13.8 Å². The Morgan fingerprint density at radius 1 is 1.16 bits per heavy atom. The fourth-order valence-electron chi connectivity index (χ4n) is 1.97. The van der Waals surface area contributed by atoms with E-state index in [2.05, 4.69) is 15.6 Å². The highest BCUT2D eigenvalue weighted by Gasteiger charge is 2.17. The lowest BCUT2D eigenvalue weighted by atomic mass is 10.1. The number of nitrogens with one attached hydrogen (secondary N) is 2. The van der Waals surface area contributed by atoms with Crippen molar-refractivity contribution in [2.75, 3.05) is 11.9 Å². The van der Waals surface area contributed by atoms with E-state index < -0.39 is 6.04 Å². The number of rotatable bonds is 7. The third kappa shape index (κ3) is 5.89.